The molecule has 16 heavy (non-hydrogen) atoms. The van der Waals surface area contributed by atoms with Crippen LogP contribution in [0.4, 0.5) is 0 Å². The SMILES string of the molecule is CC1C=C(C(N)=O)C=CC1N1CCCCC1. The Bertz CT molecular complexity index is 327. The Morgan fingerprint density at radius 1 is 1.38 bits per heavy atom. The summed E-state index contributed by atoms with van der Waals surface area (Å²) >= 11 is 0. The van der Waals surface area contributed by atoms with Gasteiger partial charge in [0, 0.05) is 11.6 Å². The van der Waals surface area contributed by atoms with Gasteiger partial charge in [0.15, 0.2) is 0 Å². The number of hydrogen-bond acceptors (Lipinski definition) is 2. The highest BCUT2D eigenvalue weighted by molar-refractivity contribution is 5.95. The molecule has 2 N–H and O–H groups in total. The van der Waals surface area contributed by atoms with Crippen molar-refractivity contribution in [1.29, 1.82) is 0 Å². The van der Waals surface area contributed by atoms with E-state index in [1.54, 1.807) is 0 Å². The first kappa shape index (κ1) is 11.4. The van der Waals surface area contributed by atoms with Crippen LogP contribution in [0.25, 0.3) is 0 Å². The molecule has 0 bridgehead atoms. The van der Waals surface area contributed by atoms with Crippen LogP contribution in [0.1, 0.15) is 26.2 Å². The molecule has 2 rings (SSSR count). The van der Waals surface area contributed by atoms with Gasteiger partial charge in [0.1, 0.15) is 0 Å². The topological polar surface area (TPSA) is 46.3 Å². The third-order valence-electron chi connectivity index (χ3n) is 3.55. The van der Waals surface area contributed by atoms with Crippen molar-refractivity contribution in [3.8, 4) is 0 Å². The first-order valence-electron chi connectivity index (χ1n) is 6.12. The van der Waals surface area contributed by atoms with Gasteiger partial charge in [-0.2, -0.15) is 0 Å². The van der Waals surface area contributed by atoms with Crippen molar-refractivity contribution < 1.29 is 4.79 Å². The second-order valence-electron chi connectivity index (χ2n) is 4.79. The van der Waals surface area contributed by atoms with E-state index >= 15 is 0 Å². The van der Waals surface area contributed by atoms with E-state index in [0.29, 0.717) is 17.5 Å². The van der Waals surface area contributed by atoms with Crippen molar-refractivity contribution in [2.45, 2.75) is 32.2 Å². The summed E-state index contributed by atoms with van der Waals surface area (Å²) in [6.45, 7) is 4.52. The van der Waals surface area contributed by atoms with Crippen LogP contribution in [0.15, 0.2) is 23.8 Å². The summed E-state index contributed by atoms with van der Waals surface area (Å²) in [6.07, 6.45) is 9.95. The highest BCUT2D eigenvalue weighted by atomic mass is 16.1. The molecule has 0 aromatic heterocycles. The van der Waals surface area contributed by atoms with Crippen LogP contribution < -0.4 is 5.73 Å². The largest absolute Gasteiger partial charge is 0.366 e. The molecule has 1 aliphatic heterocycles. The molecule has 3 nitrogen and oxygen atoms in total. The number of carbonyl (C=O) groups excluding carboxylic acids is 1. The van der Waals surface area contributed by atoms with Crippen LogP contribution in [0.3, 0.4) is 0 Å². The van der Waals surface area contributed by atoms with E-state index in [0.717, 1.165) is 0 Å². The molecule has 0 spiro atoms. The average molecular weight is 220 g/mol. The van der Waals surface area contributed by atoms with E-state index in [4.69, 9.17) is 5.73 Å². The van der Waals surface area contributed by atoms with Gasteiger partial charge in [-0.3, -0.25) is 9.69 Å². The quantitative estimate of drug-likeness (QED) is 0.765. The third kappa shape index (κ3) is 2.35. The third-order valence-corrected chi connectivity index (χ3v) is 3.55. The zero-order valence-electron chi connectivity index (χ0n) is 9.86. The number of primary amides is 1. The van der Waals surface area contributed by atoms with Crippen molar-refractivity contribution in [2.24, 2.45) is 11.7 Å². The molecule has 2 unspecified atom stereocenters. The lowest BCUT2D eigenvalue weighted by atomic mass is 9.90. The molecule has 0 aromatic carbocycles. The van der Waals surface area contributed by atoms with Gasteiger partial charge >= 0.3 is 0 Å². The predicted molar refractivity (Wildman–Crippen MR) is 64.8 cm³/mol. The minimum absolute atomic E-state index is 0.319. The molecule has 1 heterocycles. The smallest absolute Gasteiger partial charge is 0.248 e. The normalized spacial score (nSPS) is 31.2. The maximum Gasteiger partial charge on any atom is 0.248 e. The minimum atomic E-state index is -0.319. The van der Waals surface area contributed by atoms with E-state index in [2.05, 4.69) is 17.9 Å². The molecule has 1 aliphatic carbocycles. The molecule has 1 amide bonds. The van der Waals surface area contributed by atoms with E-state index < -0.39 is 0 Å². The van der Waals surface area contributed by atoms with Crippen LogP contribution in [0, 0.1) is 5.92 Å². The fourth-order valence-corrected chi connectivity index (χ4v) is 2.65. The second-order valence-corrected chi connectivity index (χ2v) is 4.79. The van der Waals surface area contributed by atoms with Gasteiger partial charge in [-0.05, 0) is 31.8 Å². The van der Waals surface area contributed by atoms with Gasteiger partial charge in [-0.15, -0.1) is 0 Å². The molecule has 0 saturated carbocycles. The van der Waals surface area contributed by atoms with Crippen LogP contribution in [0.2, 0.25) is 0 Å². The molecule has 1 saturated heterocycles. The molecule has 1 fully saturated rings. The van der Waals surface area contributed by atoms with Crippen LogP contribution in [-0.4, -0.2) is 29.9 Å². The molecule has 3 heteroatoms. The van der Waals surface area contributed by atoms with Gasteiger partial charge < -0.3 is 5.73 Å². The van der Waals surface area contributed by atoms with Crippen molar-refractivity contribution in [2.75, 3.05) is 13.1 Å². The van der Waals surface area contributed by atoms with Crippen molar-refractivity contribution >= 4 is 5.91 Å². The summed E-state index contributed by atoms with van der Waals surface area (Å²) < 4.78 is 0. The van der Waals surface area contributed by atoms with Gasteiger partial charge in [0.05, 0.1) is 0 Å². The summed E-state index contributed by atoms with van der Waals surface area (Å²) in [5, 5.41) is 0. The molecule has 2 aliphatic rings. The number of piperidine rings is 1. The summed E-state index contributed by atoms with van der Waals surface area (Å²) in [5.74, 6) is 0.0609. The lowest BCUT2D eigenvalue weighted by Gasteiger charge is -2.36. The molecule has 2 atom stereocenters. The predicted octanol–water partition coefficient (Wildman–Crippen LogP) is 1.46. The Morgan fingerprint density at radius 3 is 2.62 bits per heavy atom. The van der Waals surface area contributed by atoms with Crippen molar-refractivity contribution in [3.05, 3.63) is 23.8 Å². The lowest BCUT2D eigenvalue weighted by molar-refractivity contribution is -0.114. The van der Waals surface area contributed by atoms with Gasteiger partial charge in [-0.25, -0.2) is 0 Å². The minimum Gasteiger partial charge on any atom is -0.366 e. The van der Waals surface area contributed by atoms with Crippen LogP contribution in [0.5, 0.6) is 0 Å². The standard InChI is InChI=1S/C13H20N2O/c1-10-9-11(13(14)16)5-6-12(10)15-7-3-2-4-8-15/h5-6,9-10,12H,2-4,7-8H2,1H3,(H2,14,16). The van der Waals surface area contributed by atoms with Crippen LogP contribution >= 0.6 is 0 Å². The highest BCUT2D eigenvalue weighted by Gasteiger charge is 2.25. The van der Waals surface area contributed by atoms with Gasteiger partial charge in [0.2, 0.25) is 5.91 Å². The average Bonchev–Trinajstić information content (AvgIpc) is 2.30. The van der Waals surface area contributed by atoms with Gasteiger partial charge in [0.25, 0.3) is 0 Å². The van der Waals surface area contributed by atoms with Crippen LogP contribution in [-0.2, 0) is 4.79 Å². The fraction of sp³-hybridized carbons (Fsp3) is 0.615. The van der Waals surface area contributed by atoms with Crippen molar-refractivity contribution in [1.82, 2.24) is 4.90 Å². The fourth-order valence-electron chi connectivity index (χ4n) is 2.65. The monoisotopic (exact) mass is 220 g/mol. The van der Waals surface area contributed by atoms with Gasteiger partial charge in [-0.1, -0.05) is 31.6 Å². The number of likely N-dealkylation sites (tertiary alicyclic amines) is 1. The molecular weight excluding hydrogens is 200 g/mol. The van der Waals surface area contributed by atoms with E-state index in [9.17, 15) is 4.79 Å². The summed E-state index contributed by atoms with van der Waals surface area (Å²) in [4.78, 5) is 13.6. The van der Waals surface area contributed by atoms with Crippen molar-refractivity contribution in [3.63, 3.8) is 0 Å². The Hall–Kier alpha value is -1.09. The number of nitrogens with two attached hydrogens (primary N) is 1. The second kappa shape index (κ2) is 4.83. The summed E-state index contributed by atoms with van der Waals surface area (Å²) in [6, 6.07) is 0.448. The Labute approximate surface area is 97.0 Å². The number of amides is 1. The number of hydrogen-bond donors (Lipinski definition) is 1. The maximum atomic E-state index is 11.1. The highest BCUT2D eigenvalue weighted by Crippen LogP contribution is 2.24. The lowest BCUT2D eigenvalue weighted by Crippen LogP contribution is -2.42. The molecular formula is C13H20N2O. The van der Waals surface area contributed by atoms with E-state index in [-0.39, 0.29) is 5.91 Å². The summed E-state index contributed by atoms with van der Waals surface area (Å²) in [5.41, 5.74) is 5.93. The first-order valence-corrected chi connectivity index (χ1v) is 6.12. The molecule has 88 valence electrons. The first-order chi connectivity index (χ1) is 7.68. The maximum absolute atomic E-state index is 11.1. The Morgan fingerprint density at radius 2 is 2.06 bits per heavy atom. The zero-order valence-corrected chi connectivity index (χ0v) is 9.86. The Balaban J connectivity index is 2.04. The number of nitrogens with zero attached hydrogens (tertiary/aromatic N) is 1. The van der Waals surface area contributed by atoms with E-state index in [1.165, 1.54) is 32.4 Å². The molecule has 0 aromatic rings. The zero-order chi connectivity index (χ0) is 11.5. The summed E-state index contributed by atoms with van der Waals surface area (Å²) in [7, 11) is 0. The number of carbonyl (C=O) groups is 1. The van der Waals surface area contributed by atoms with E-state index in [1.807, 2.05) is 12.2 Å². The number of rotatable bonds is 2. The Kier molecular flexibility index (Phi) is 3.44. The molecule has 0 radical (unpaired) electrons.